The highest BCUT2D eigenvalue weighted by Crippen LogP contribution is 2.36. The number of amides is 2. The molecule has 3 aromatic rings. The predicted molar refractivity (Wildman–Crippen MR) is 105 cm³/mol. The van der Waals surface area contributed by atoms with Crippen molar-refractivity contribution in [3.63, 3.8) is 0 Å². The Bertz CT molecular complexity index is 1080. The molecule has 1 aliphatic heterocycles. The molecule has 0 unspecified atom stereocenters. The van der Waals surface area contributed by atoms with Crippen LogP contribution in [0.2, 0.25) is 0 Å². The summed E-state index contributed by atoms with van der Waals surface area (Å²) < 4.78 is 14.8. The number of hydrogen-bond donors (Lipinski definition) is 2. The highest BCUT2D eigenvalue weighted by atomic mass is 19.1. The van der Waals surface area contributed by atoms with Crippen LogP contribution in [0.15, 0.2) is 55.1 Å². The van der Waals surface area contributed by atoms with E-state index in [1.165, 1.54) is 30.6 Å². The van der Waals surface area contributed by atoms with Gasteiger partial charge in [0.2, 0.25) is 5.91 Å². The first-order chi connectivity index (χ1) is 14.4. The number of carbonyl (C=O) groups excluding carboxylic acids is 2. The Balaban J connectivity index is 1.50. The molecule has 2 aromatic heterocycles. The van der Waals surface area contributed by atoms with Crippen molar-refractivity contribution < 1.29 is 19.1 Å². The number of aromatic nitrogens is 3. The molecule has 4 rings (SSSR count). The van der Waals surface area contributed by atoms with Crippen molar-refractivity contribution in [3.05, 3.63) is 72.1 Å². The fourth-order valence-electron chi connectivity index (χ4n) is 3.73. The number of hydrogen-bond acceptors (Lipinski definition) is 5. The lowest BCUT2D eigenvalue weighted by atomic mass is 9.95. The first-order valence-corrected chi connectivity index (χ1v) is 9.41. The molecule has 8 nitrogen and oxygen atoms in total. The van der Waals surface area contributed by atoms with E-state index in [2.05, 4.69) is 15.4 Å². The highest BCUT2D eigenvalue weighted by Gasteiger charge is 2.39. The smallest absolute Gasteiger partial charge is 0.252 e. The predicted octanol–water partition coefficient (Wildman–Crippen LogP) is 2.06. The number of aromatic hydroxyl groups is 1. The Morgan fingerprint density at radius 1 is 1.27 bits per heavy atom. The number of carbonyl (C=O) groups is 2. The number of benzene rings is 1. The Morgan fingerprint density at radius 2 is 2.03 bits per heavy atom. The molecule has 2 amide bonds. The van der Waals surface area contributed by atoms with Crippen LogP contribution >= 0.6 is 0 Å². The lowest BCUT2D eigenvalue weighted by Crippen LogP contribution is -2.32. The third-order valence-electron chi connectivity index (χ3n) is 5.24. The van der Waals surface area contributed by atoms with Crippen molar-refractivity contribution in [2.24, 2.45) is 5.92 Å². The number of nitrogens with zero attached hydrogens (tertiary/aromatic N) is 4. The lowest BCUT2D eigenvalue weighted by molar-refractivity contribution is -0.127. The molecule has 1 fully saturated rings. The van der Waals surface area contributed by atoms with Crippen LogP contribution in [0.4, 0.5) is 4.39 Å². The van der Waals surface area contributed by atoms with Gasteiger partial charge in [-0.25, -0.2) is 9.07 Å². The van der Waals surface area contributed by atoms with Crippen LogP contribution in [0.3, 0.4) is 0 Å². The van der Waals surface area contributed by atoms with Crippen LogP contribution in [-0.4, -0.2) is 50.2 Å². The normalized spacial score (nSPS) is 18.6. The summed E-state index contributed by atoms with van der Waals surface area (Å²) >= 11 is 0. The summed E-state index contributed by atoms with van der Waals surface area (Å²) in [4.78, 5) is 30.2. The third-order valence-corrected chi connectivity index (χ3v) is 5.24. The number of rotatable bonds is 5. The van der Waals surface area contributed by atoms with Gasteiger partial charge in [-0.3, -0.25) is 14.6 Å². The van der Waals surface area contributed by atoms with E-state index in [4.69, 9.17) is 0 Å². The second-order valence-electron chi connectivity index (χ2n) is 7.25. The molecule has 0 aliphatic carbocycles. The van der Waals surface area contributed by atoms with Gasteiger partial charge < -0.3 is 15.3 Å². The second kappa shape index (κ2) is 7.94. The molecule has 30 heavy (non-hydrogen) atoms. The summed E-state index contributed by atoms with van der Waals surface area (Å²) in [5.74, 6) is -0.967. The molecule has 0 radical (unpaired) electrons. The van der Waals surface area contributed by atoms with E-state index < -0.39 is 0 Å². The van der Waals surface area contributed by atoms with E-state index in [1.807, 2.05) is 0 Å². The van der Waals surface area contributed by atoms with Gasteiger partial charge in [0.1, 0.15) is 11.6 Å². The third kappa shape index (κ3) is 3.86. The average molecular weight is 409 g/mol. The van der Waals surface area contributed by atoms with E-state index in [-0.39, 0.29) is 47.4 Å². The van der Waals surface area contributed by atoms with Crippen LogP contribution in [0.25, 0.3) is 5.69 Å². The number of pyridine rings is 1. The van der Waals surface area contributed by atoms with Gasteiger partial charge in [0, 0.05) is 43.9 Å². The number of likely N-dealkylation sites (tertiary alicyclic amines) is 1. The van der Waals surface area contributed by atoms with Crippen molar-refractivity contribution in [1.82, 2.24) is 25.0 Å². The molecule has 1 aliphatic rings. The molecule has 3 heterocycles. The Hall–Kier alpha value is -3.75. The van der Waals surface area contributed by atoms with Gasteiger partial charge in [-0.05, 0) is 30.3 Å². The van der Waals surface area contributed by atoms with Crippen LogP contribution in [-0.2, 0) is 4.79 Å². The van der Waals surface area contributed by atoms with Gasteiger partial charge in [-0.15, -0.1) is 0 Å². The van der Waals surface area contributed by atoms with Crippen molar-refractivity contribution in [1.29, 1.82) is 0 Å². The fourth-order valence-corrected chi connectivity index (χ4v) is 3.73. The maximum absolute atomic E-state index is 13.2. The van der Waals surface area contributed by atoms with Crippen LogP contribution in [0, 0.1) is 11.7 Å². The summed E-state index contributed by atoms with van der Waals surface area (Å²) in [7, 11) is 1.73. The lowest BCUT2D eigenvalue weighted by Gasteiger charge is -2.24. The van der Waals surface area contributed by atoms with Crippen molar-refractivity contribution in [2.45, 2.75) is 12.5 Å². The Kier molecular flexibility index (Phi) is 5.18. The summed E-state index contributed by atoms with van der Waals surface area (Å²) in [6, 6.07) is 7.04. The zero-order chi connectivity index (χ0) is 21.3. The highest BCUT2D eigenvalue weighted by molar-refractivity contribution is 5.94. The molecule has 1 saturated heterocycles. The summed E-state index contributed by atoms with van der Waals surface area (Å²) in [5, 5.41) is 16.6. The Labute approximate surface area is 172 Å². The van der Waals surface area contributed by atoms with Crippen molar-refractivity contribution in [2.75, 3.05) is 13.6 Å². The maximum atomic E-state index is 13.2. The molecular formula is C21H20FN5O3. The van der Waals surface area contributed by atoms with Crippen LogP contribution < -0.4 is 5.32 Å². The van der Waals surface area contributed by atoms with E-state index in [9.17, 15) is 19.1 Å². The van der Waals surface area contributed by atoms with Crippen molar-refractivity contribution >= 4 is 11.8 Å². The minimum atomic E-state index is -0.374. The first-order valence-electron chi connectivity index (χ1n) is 9.41. The van der Waals surface area contributed by atoms with Gasteiger partial charge in [0.15, 0.2) is 0 Å². The zero-order valence-electron chi connectivity index (χ0n) is 16.2. The Morgan fingerprint density at radius 3 is 2.77 bits per heavy atom. The fraction of sp³-hybridized carbons (Fsp3) is 0.238. The van der Waals surface area contributed by atoms with Gasteiger partial charge in [-0.1, -0.05) is 0 Å². The number of nitrogens with one attached hydrogen (secondary N) is 1. The molecule has 9 heteroatoms. The average Bonchev–Trinajstić information content (AvgIpc) is 3.31. The molecule has 2 atom stereocenters. The largest absolute Gasteiger partial charge is 0.506 e. The van der Waals surface area contributed by atoms with E-state index >= 15 is 0 Å². The van der Waals surface area contributed by atoms with Gasteiger partial charge in [0.05, 0.1) is 29.7 Å². The van der Waals surface area contributed by atoms with E-state index in [0.717, 1.165) is 5.56 Å². The SMILES string of the molecule is CN1C(=O)C[C@@H](CNC(=O)c2cncc(O)c2)[C@@H]1c1cnn(-c2ccc(F)cc2)c1. The van der Waals surface area contributed by atoms with Gasteiger partial charge >= 0.3 is 0 Å². The molecule has 0 spiro atoms. The van der Waals surface area contributed by atoms with E-state index in [1.54, 1.807) is 41.2 Å². The molecule has 0 bridgehead atoms. The van der Waals surface area contributed by atoms with Gasteiger partial charge in [-0.2, -0.15) is 5.10 Å². The molecule has 0 saturated carbocycles. The first kappa shape index (κ1) is 19.6. The number of halogens is 1. The molecule has 1 aromatic carbocycles. The quantitative estimate of drug-likeness (QED) is 0.672. The van der Waals surface area contributed by atoms with Crippen LogP contribution in [0.1, 0.15) is 28.4 Å². The summed E-state index contributed by atoms with van der Waals surface area (Å²) in [6.45, 7) is 0.275. The van der Waals surface area contributed by atoms with Crippen molar-refractivity contribution in [3.8, 4) is 11.4 Å². The van der Waals surface area contributed by atoms with Crippen LogP contribution in [0.5, 0.6) is 5.75 Å². The monoisotopic (exact) mass is 409 g/mol. The van der Waals surface area contributed by atoms with Gasteiger partial charge in [0.25, 0.3) is 5.91 Å². The summed E-state index contributed by atoms with van der Waals surface area (Å²) in [5.41, 5.74) is 1.77. The molecule has 154 valence electrons. The van der Waals surface area contributed by atoms with E-state index in [0.29, 0.717) is 12.1 Å². The topological polar surface area (TPSA) is 100 Å². The minimum absolute atomic E-state index is 0.0206. The maximum Gasteiger partial charge on any atom is 0.252 e. The standard InChI is InChI=1S/C21H20FN5O3/c1-26-19(29)7-13(9-24-21(30)14-6-18(28)11-23-8-14)20(26)15-10-25-27(12-15)17-4-2-16(22)3-5-17/h2-6,8,10-13,20,28H,7,9H2,1H3,(H,24,30)/t13-,20+/m0/s1. The second-order valence-corrected chi connectivity index (χ2v) is 7.25. The molecular weight excluding hydrogens is 389 g/mol. The summed E-state index contributed by atoms with van der Waals surface area (Å²) in [6.07, 6.45) is 6.39. The molecule has 2 N–H and O–H groups in total. The zero-order valence-corrected chi connectivity index (χ0v) is 16.2. The minimum Gasteiger partial charge on any atom is -0.506 e.